The molecule has 0 radical (unpaired) electrons. The largest absolute Gasteiger partial charge is 0.496 e. The van der Waals surface area contributed by atoms with E-state index in [1.54, 1.807) is 6.07 Å². The highest BCUT2D eigenvalue weighted by Gasteiger charge is 2.52. The van der Waals surface area contributed by atoms with Gasteiger partial charge in [-0.15, -0.1) is 0 Å². The molecule has 0 atom stereocenters. The van der Waals surface area contributed by atoms with E-state index < -0.39 is 18.3 Å². The number of nitrogens with zero attached hydrogens (tertiary/aromatic N) is 1. The van der Waals surface area contributed by atoms with Gasteiger partial charge in [0.15, 0.2) is 0 Å². The molecular formula is C13H19BClNO4. The Morgan fingerprint density at radius 3 is 2.10 bits per heavy atom. The fraction of sp³-hybridized carbons (Fsp3) is 0.615. The van der Waals surface area contributed by atoms with Crippen LogP contribution in [-0.4, -0.2) is 37.5 Å². The standard InChI is InChI=1S/C13H19BClNO4/c1-12(2)13(3,4)20-14(19-12)8-7-9(17-5)16-11(18-6)10(8)15/h7H,1-6H3. The second-order valence-electron chi connectivity index (χ2n) is 5.67. The van der Waals surface area contributed by atoms with Crippen LogP contribution in [0.25, 0.3) is 0 Å². The van der Waals surface area contributed by atoms with Crippen molar-refractivity contribution in [2.45, 2.75) is 38.9 Å². The zero-order valence-electron chi connectivity index (χ0n) is 12.6. The van der Waals surface area contributed by atoms with Crippen molar-refractivity contribution in [2.75, 3.05) is 14.2 Å². The first-order valence-corrected chi connectivity index (χ1v) is 6.73. The highest BCUT2D eigenvalue weighted by Crippen LogP contribution is 2.37. The summed E-state index contributed by atoms with van der Waals surface area (Å²) in [6.07, 6.45) is 0. The number of aromatic nitrogens is 1. The second-order valence-corrected chi connectivity index (χ2v) is 6.04. The van der Waals surface area contributed by atoms with Gasteiger partial charge in [-0.1, -0.05) is 11.6 Å². The lowest BCUT2D eigenvalue weighted by atomic mass is 9.79. The summed E-state index contributed by atoms with van der Waals surface area (Å²) >= 11 is 6.30. The summed E-state index contributed by atoms with van der Waals surface area (Å²) < 4.78 is 22.3. The van der Waals surface area contributed by atoms with Crippen LogP contribution in [0.3, 0.4) is 0 Å². The predicted molar refractivity (Wildman–Crippen MR) is 78.1 cm³/mol. The van der Waals surface area contributed by atoms with Crippen molar-refractivity contribution < 1.29 is 18.8 Å². The van der Waals surface area contributed by atoms with Crippen LogP contribution in [0.5, 0.6) is 11.8 Å². The average Bonchev–Trinajstić information content (AvgIpc) is 2.58. The lowest BCUT2D eigenvalue weighted by Crippen LogP contribution is -2.41. The predicted octanol–water partition coefficient (Wildman–Crippen LogP) is 2.05. The number of hydrogen-bond acceptors (Lipinski definition) is 5. The van der Waals surface area contributed by atoms with Gasteiger partial charge in [0.05, 0.1) is 25.4 Å². The van der Waals surface area contributed by atoms with Crippen LogP contribution in [0.1, 0.15) is 27.7 Å². The maximum atomic E-state index is 6.30. The summed E-state index contributed by atoms with van der Waals surface area (Å²) in [5, 5.41) is 0.367. The quantitative estimate of drug-likeness (QED) is 0.800. The fourth-order valence-electron chi connectivity index (χ4n) is 1.88. The summed E-state index contributed by atoms with van der Waals surface area (Å²) in [6, 6.07) is 1.70. The molecule has 0 amide bonds. The lowest BCUT2D eigenvalue weighted by Gasteiger charge is -2.32. The molecule has 1 aliphatic rings. The van der Waals surface area contributed by atoms with Gasteiger partial charge in [0.25, 0.3) is 0 Å². The minimum atomic E-state index is -0.585. The first-order valence-electron chi connectivity index (χ1n) is 6.36. The Bertz CT molecular complexity index is 505. The van der Waals surface area contributed by atoms with Crippen molar-refractivity contribution in [2.24, 2.45) is 0 Å². The molecule has 0 spiro atoms. The van der Waals surface area contributed by atoms with E-state index >= 15 is 0 Å². The molecule has 7 heteroatoms. The van der Waals surface area contributed by atoms with Crippen molar-refractivity contribution in [3.63, 3.8) is 0 Å². The van der Waals surface area contributed by atoms with Crippen LogP contribution in [0.15, 0.2) is 6.07 Å². The number of pyridine rings is 1. The third-order valence-electron chi connectivity index (χ3n) is 3.84. The van der Waals surface area contributed by atoms with E-state index in [1.165, 1.54) is 14.2 Å². The molecule has 2 rings (SSSR count). The maximum Gasteiger partial charge on any atom is 0.496 e. The smallest absolute Gasteiger partial charge is 0.481 e. The SMILES string of the molecule is COc1cc(B2OC(C)(C)C(C)(C)O2)c(Cl)c(OC)n1. The maximum absolute atomic E-state index is 6.30. The van der Waals surface area contributed by atoms with Gasteiger partial charge in [0.1, 0.15) is 5.02 Å². The lowest BCUT2D eigenvalue weighted by molar-refractivity contribution is 0.00578. The number of rotatable bonds is 3. The van der Waals surface area contributed by atoms with Crippen molar-refractivity contribution in [3.05, 3.63) is 11.1 Å². The second kappa shape index (κ2) is 5.09. The van der Waals surface area contributed by atoms with E-state index in [4.69, 9.17) is 30.4 Å². The summed E-state index contributed by atoms with van der Waals surface area (Å²) in [4.78, 5) is 4.13. The summed E-state index contributed by atoms with van der Waals surface area (Å²) in [7, 11) is 2.45. The number of methoxy groups -OCH3 is 2. The molecule has 0 unspecified atom stereocenters. The molecule has 0 saturated carbocycles. The van der Waals surface area contributed by atoms with Crippen molar-refractivity contribution in [1.29, 1.82) is 0 Å². The molecule has 110 valence electrons. The minimum Gasteiger partial charge on any atom is -0.481 e. The summed E-state index contributed by atoms with van der Waals surface area (Å²) in [5.74, 6) is 0.687. The van der Waals surface area contributed by atoms with Gasteiger partial charge in [-0.25, -0.2) is 0 Å². The number of hydrogen-bond donors (Lipinski definition) is 0. The van der Waals surface area contributed by atoms with E-state index in [1.807, 2.05) is 27.7 Å². The fourth-order valence-corrected chi connectivity index (χ4v) is 2.15. The topological polar surface area (TPSA) is 49.8 Å². The van der Waals surface area contributed by atoms with Gasteiger partial charge in [-0.05, 0) is 27.7 Å². The van der Waals surface area contributed by atoms with Gasteiger partial charge in [0, 0.05) is 11.5 Å². The molecule has 0 aromatic carbocycles. The molecule has 0 N–H and O–H groups in total. The highest BCUT2D eigenvalue weighted by molar-refractivity contribution is 6.66. The third-order valence-corrected chi connectivity index (χ3v) is 4.22. The molecule has 1 fully saturated rings. The van der Waals surface area contributed by atoms with E-state index in [9.17, 15) is 0 Å². The van der Waals surface area contributed by atoms with Crippen LogP contribution in [0, 0.1) is 0 Å². The van der Waals surface area contributed by atoms with Crippen molar-refractivity contribution in [1.82, 2.24) is 4.98 Å². The van der Waals surface area contributed by atoms with Crippen LogP contribution < -0.4 is 14.9 Å². The van der Waals surface area contributed by atoms with E-state index in [0.717, 1.165) is 0 Å². The van der Waals surface area contributed by atoms with Gasteiger partial charge in [0.2, 0.25) is 11.8 Å². The molecule has 1 aromatic heterocycles. The van der Waals surface area contributed by atoms with Gasteiger partial charge in [-0.3, -0.25) is 0 Å². The first-order chi connectivity index (χ1) is 9.21. The molecule has 2 heterocycles. The first kappa shape index (κ1) is 15.4. The normalized spacial score (nSPS) is 20.1. The van der Waals surface area contributed by atoms with Crippen LogP contribution >= 0.6 is 11.6 Å². The Kier molecular flexibility index (Phi) is 3.93. The Hall–Kier alpha value is -0.975. The van der Waals surface area contributed by atoms with Crippen LogP contribution in [0.4, 0.5) is 0 Å². The van der Waals surface area contributed by atoms with Gasteiger partial charge >= 0.3 is 7.12 Å². The molecule has 1 saturated heterocycles. The molecule has 0 aliphatic carbocycles. The molecular weight excluding hydrogens is 280 g/mol. The van der Waals surface area contributed by atoms with Gasteiger partial charge in [-0.2, -0.15) is 4.98 Å². The summed E-state index contributed by atoms with van der Waals surface area (Å²) in [5.41, 5.74) is -0.232. The van der Waals surface area contributed by atoms with Crippen LogP contribution in [0.2, 0.25) is 5.02 Å². The van der Waals surface area contributed by atoms with Crippen molar-refractivity contribution >= 4 is 24.2 Å². The molecule has 0 bridgehead atoms. The monoisotopic (exact) mass is 299 g/mol. The number of halogens is 1. The van der Waals surface area contributed by atoms with E-state index in [0.29, 0.717) is 16.4 Å². The van der Waals surface area contributed by atoms with E-state index in [2.05, 4.69) is 4.98 Å². The van der Waals surface area contributed by atoms with E-state index in [-0.39, 0.29) is 5.88 Å². The molecule has 5 nitrogen and oxygen atoms in total. The van der Waals surface area contributed by atoms with Crippen LogP contribution in [-0.2, 0) is 9.31 Å². The average molecular weight is 300 g/mol. The van der Waals surface area contributed by atoms with Gasteiger partial charge < -0.3 is 18.8 Å². The third kappa shape index (κ3) is 2.48. The van der Waals surface area contributed by atoms with Crippen molar-refractivity contribution in [3.8, 4) is 11.8 Å². The Balaban J connectivity index is 2.44. The minimum absolute atomic E-state index is 0.288. The molecule has 20 heavy (non-hydrogen) atoms. The highest BCUT2D eigenvalue weighted by atomic mass is 35.5. The summed E-state index contributed by atoms with van der Waals surface area (Å²) in [6.45, 7) is 7.93. The Morgan fingerprint density at radius 1 is 1.10 bits per heavy atom. The Labute approximate surface area is 124 Å². The zero-order valence-corrected chi connectivity index (χ0v) is 13.4. The number of ether oxygens (including phenoxy) is 2. The zero-order chi connectivity index (χ0) is 15.1. The molecule has 1 aliphatic heterocycles. The molecule has 1 aromatic rings. The Morgan fingerprint density at radius 2 is 1.65 bits per heavy atom.